The Hall–Kier alpha value is -1.91. The molecule has 5 heteroatoms. The van der Waals surface area contributed by atoms with Gasteiger partial charge in [-0.05, 0) is 0 Å². The molecule has 12 heavy (non-hydrogen) atoms. The van der Waals surface area contributed by atoms with Gasteiger partial charge in [0.25, 0.3) is 17.7 Å². The molecule has 0 aromatic carbocycles. The number of imide groups is 1. The van der Waals surface area contributed by atoms with Gasteiger partial charge in [-0.3, -0.25) is 14.4 Å². The number of carbonyl (C=O) groups excluding carboxylic acids is 3. The lowest BCUT2D eigenvalue weighted by Gasteiger charge is -2.12. The van der Waals surface area contributed by atoms with E-state index in [0.29, 0.717) is 4.90 Å². The Morgan fingerprint density at radius 1 is 1.33 bits per heavy atom. The Balaban J connectivity index is 2.91. The molecule has 1 aliphatic rings. The van der Waals surface area contributed by atoms with Crippen LogP contribution in [-0.2, 0) is 14.4 Å². The second-order valence-corrected chi connectivity index (χ2v) is 2.16. The summed E-state index contributed by atoms with van der Waals surface area (Å²) in [6.07, 6.45) is 2.10. The molecule has 1 rings (SSSR count). The molecule has 0 aromatic rings. The molecule has 62 valence electrons. The molecule has 1 heterocycles. The van der Waals surface area contributed by atoms with Crippen molar-refractivity contribution >= 4 is 17.7 Å². The highest BCUT2D eigenvalue weighted by Crippen LogP contribution is 2.09. The van der Waals surface area contributed by atoms with Crippen molar-refractivity contribution in [1.29, 1.82) is 0 Å². The Labute approximate surface area is 68.1 Å². The number of primary amides is 1. The molecule has 0 spiro atoms. The number of amides is 3. The van der Waals surface area contributed by atoms with Crippen LogP contribution in [0.2, 0.25) is 0 Å². The van der Waals surface area contributed by atoms with Gasteiger partial charge in [0.2, 0.25) is 0 Å². The van der Waals surface area contributed by atoms with E-state index in [9.17, 15) is 14.4 Å². The van der Waals surface area contributed by atoms with Gasteiger partial charge < -0.3 is 5.73 Å². The largest absolute Gasteiger partial charge is 0.364 e. The fourth-order valence-electron chi connectivity index (χ4n) is 0.776. The molecule has 0 radical (unpaired) electrons. The normalized spacial score (nSPS) is 15.5. The third kappa shape index (κ3) is 1.12. The Bertz CT molecular complexity index is 299. The summed E-state index contributed by atoms with van der Waals surface area (Å²) >= 11 is 0. The maximum Gasteiger partial charge on any atom is 0.265 e. The van der Waals surface area contributed by atoms with Crippen LogP contribution in [0.15, 0.2) is 24.4 Å². The first kappa shape index (κ1) is 8.19. The summed E-state index contributed by atoms with van der Waals surface area (Å²) in [6.45, 7) is 3.21. The summed E-state index contributed by atoms with van der Waals surface area (Å²) in [7, 11) is 0. The van der Waals surface area contributed by atoms with E-state index in [4.69, 9.17) is 5.73 Å². The third-order valence-electron chi connectivity index (χ3n) is 1.36. The maximum atomic E-state index is 10.9. The highest BCUT2D eigenvalue weighted by atomic mass is 16.2. The Morgan fingerprint density at radius 3 is 2.08 bits per heavy atom. The molecule has 2 N–H and O–H groups in total. The minimum Gasteiger partial charge on any atom is -0.364 e. The van der Waals surface area contributed by atoms with Crippen molar-refractivity contribution in [2.45, 2.75) is 0 Å². The average Bonchev–Trinajstić information content (AvgIpc) is 2.30. The predicted octanol–water partition coefficient (Wildman–Crippen LogP) is -1.09. The van der Waals surface area contributed by atoms with Gasteiger partial charge in [0.15, 0.2) is 0 Å². The lowest BCUT2D eigenvalue weighted by atomic mass is 10.4. The second-order valence-electron chi connectivity index (χ2n) is 2.16. The maximum absolute atomic E-state index is 10.9. The fourth-order valence-corrected chi connectivity index (χ4v) is 0.776. The smallest absolute Gasteiger partial charge is 0.265 e. The van der Waals surface area contributed by atoms with E-state index >= 15 is 0 Å². The van der Waals surface area contributed by atoms with Crippen LogP contribution in [0.1, 0.15) is 0 Å². The van der Waals surface area contributed by atoms with Gasteiger partial charge in [0.1, 0.15) is 5.70 Å². The van der Waals surface area contributed by atoms with Crippen molar-refractivity contribution in [1.82, 2.24) is 4.90 Å². The molecule has 0 saturated carbocycles. The SMILES string of the molecule is C=C(C(N)=O)N1C(=O)C=CC1=O. The number of hydrogen-bond donors (Lipinski definition) is 1. The van der Waals surface area contributed by atoms with Crippen molar-refractivity contribution in [2.75, 3.05) is 0 Å². The molecule has 0 aliphatic carbocycles. The quantitative estimate of drug-likeness (QED) is 0.418. The van der Waals surface area contributed by atoms with E-state index < -0.39 is 17.7 Å². The minimum absolute atomic E-state index is 0.310. The summed E-state index contributed by atoms with van der Waals surface area (Å²) in [5, 5.41) is 0. The molecule has 0 atom stereocenters. The van der Waals surface area contributed by atoms with E-state index in [-0.39, 0.29) is 5.70 Å². The van der Waals surface area contributed by atoms with Gasteiger partial charge in [-0.1, -0.05) is 6.58 Å². The summed E-state index contributed by atoms with van der Waals surface area (Å²) < 4.78 is 0. The summed E-state index contributed by atoms with van der Waals surface area (Å²) in [5.41, 5.74) is 4.52. The first-order valence-electron chi connectivity index (χ1n) is 3.09. The Kier molecular flexibility index (Phi) is 1.78. The zero-order valence-electron chi connectivity index (χ0n) is 6.11. The second kappa shape index (κ2) is 2.61. The number of hydrogen-bond acceptors (Lipinski definition) is 3. The van der Waals surface area contributed by atoms with Gasteiger partial charge >= 0.3 is 0 Å². The van der Waals surface area contributed by atoms with Crippen molar-refractivity contribution < 1.29 is 14.4 Å². The van der Waals surface area contributed by atoms with Crippen LogP contribution < -0.4 is 5.73 Å². The number of nitrogens with two attached hydrogens (primary N) is 1. The summed E-state index contributed by atoms with van der Waals surface area (Å²) in [6, 6.07) is 0. The molecular weight excluding hydrogens is 160 g/mol. The molecule has 0 unspecified atom stereocenters. The number of rotatable bonds is 2. The zero-order chi connectivity index (χ0) is 9.30. The molecule has 5 nitrogen and oxygen atoms in total. The van der Waals surface area contributed by atoms with Crippen LogP contribution in [0, 0.1) is 0 Å². The Morgan fingerprint density at radius 2 is 1.75 bits per heavy atom. The molecule has 0 bridgehead atoms. The third-order valence-corrected chi connectivity index (χ3v) is 1.36. The number of nitrogens with zero attached hydrogens (tertiary/aromatic N) is 1. The summed E-state index contributed by atoms with van der Waals surface area (Å²) in [5.74, 6) is -2.08. The average molecular weight is 166 g/mol. The van der Waals surface area contributed by atoms with Crippen LogP contribution in [0.25, 0.3) is 0 Å². The topological polar surface area (TPSA) is 80.5 Å². The van der Waals surface area contributed by atoms with Crippen LogP contribution >= 0.6 is 0 Å². The molecule has 0 fully saturated rings. The van der Waals surface area contributed by atoms with Crippen LogP contribution in [0.5, 0.6) is 0 Å². The zero-order valence-corrected chi connectivity index (χ0v) is 6.11. The number of carbonyl (C=O) groups is 3. The van der Waals surface area contributed by atoms with Gasteiger partial charge in [-0.2, -0.15) is 0 Å². The van der Waals surface area contributed by atoms with E-state index in [2.05, 4.69) is 6.58 Å². The van der Waals surface area contributed by atoms with Crippen LogP contribution in [0.4, 0.5) is 0 Å². The molecule has 0 aromatic heterocycles. The minimum atomic E-state index is -0.889. The van der Waals surface area contributed by atoms with E-state index in [1.165, 1.54) is 0 Å². The molecule has 1 aliphatic heterocycles. The molecular formula is C7H6N2O3. The lowest BCUT2D eigenvalue weighted by Crippen LogP contribution is -2.35. The summed E-state index contributed by atoms with van der Waals surface area (Å²) in [4.78, 5) is 32.9. The lowest BCUT2D eigenvalue weighted by molar-refractivity contribution is -0.136. The predicted molar refractivity (Wildman–Crippen MR) is 39.3 cm³/mol. The van der Waals surface area contributed by atoms with Crippen LogP contribution in [0.3, 0.4) is 0 Å². The van der Waals surface area contributed by atoms with E-state index in [1.54, 1.807) is 0 Å². The van der Waals surface area contributed by atoms with Crippen molar-refractivity contribution in [3.63, 3.8) is 0 Å². The van der Waals surface area contributed by atoms with E-state index in [1.807, 2.05) is 0 Å². The standard InChI is InChI=1S/C7H6N2O3/c1-4(7(8)12)9-5(10)2-3-6(9)11/h2-3H,1H2,(H2,8,12). The van der Waals surface area contributed by atoms with Crippen molar-refractivity contribution in [2.24, 2.45) is 5.73 Å². The fraction of sp³-hybridized carbons (Fsp3) is 0. The monoisotopic (exact) mass is 166 g/mol. The highest BCUT2D eigenvalue weighted by molar-refractivity contribution is 6.17. The van der Waals surface area contributed by atoms with Crippen molar-refractivity contribution in [3.05, 3.63) is 24.4 Å². The van der Waals surface area contributed by atoms with Crippen LogP contribution in [-0.4, -0.2) is 22.6 Å². The van der Waals surface area contributed by atoms with E-state index in [0.717, 1.165) is 12.2 Å². The van der Waals surface area contributed by atoms with Gasteiger partial charge in [-0.25, -0.2) is 4.90 Å². The first-order chi connectivity index (χ1) is 5.54. The van der Waals surface area contributed by atoms with Gasteiger partial charge in [0.05, 0.1) is 0 Å². The van der Waals surface area contributed by atoms with Gasteiger partial charge in [0, 0.05) is 12.2 Å². The van der Waals surface area contributed by atoms with Gasteiger partial charge in [-0.15, -0.1) is 0 Å². The first-order valence-corrected chi connectivity index (χ1v) is 3.09. The molecule has 0 saturated heterocycles. The highest BCUT2D eigenvalue weighted by Gasteiger charge is 2.28. The van der Waals surface area contributed by atoms with Crippen molar-refractivity contribution in [3.8, 4) is 0 Å². The molecule has 3 amide bonds.